The molecule has 12 heteroatoms. The van der Waals surface area contributed by atoms with Crippen LogP contribution in [-0.4, -0.2) is 52.7 Å². The number of aldehydes is 1. The van der Waals surface area contributed by atoms with Crippen molar-refractivity contribution in [2.45, 2.75) is 32.6 Å². The quantitative estimate of drug-likeness (QED) is 0.301. The molecule has 5 N–H and O–H groups in total. The number of anilines is 1. The lowest BCUT2D eigenvalue weighted by atomic mass is 10.1. The van der Waals surface area contributed by atoms with E-state index in [1.165, 1.54) is 12.1 Å². The normalized spacial score (nSPS) is 12.3. The van der Waals surface area contributed by atoms with Gasteiger partial charge in [0.1, 0.15) is 29.3 Å². The summed E-state index contributed by atoms with van der Waals surface area (Å²) in [6.45, 7) is 5.50. The lowest BCUT2D eigenvalue weighted by molar-refractivity contribution is -0.137. The molecule has 1 aromatic heterocycles. The van der Waals surface area contributed by atoms with E-state index in [4.69, 9.17) is 16.2 Å². The minimum Gasteiger partial charge on any atom is -0.457 e. The molecule has 1 atom stereocenters. The summed E-state index contributed by atoms with van der Waals surface area (Å²) < 4.78 is 45.9. The number of halogens is 3. The molecule has 0 unspecified atom stereocenters. The number of nitrogens with two attached hydrogens (primary N) is 2. The van der Waals surface area contributed by atoms with Gasteiger partial charge in [-0.3, -0.25) is 9.69 Å². The Hall–Kier alpha value is -4.03. The summed E-state index contributed by atoms with van der Waals surface area (Å²) in [4.78, 5) is 33.4. The molecule has 202 valence electrons. The summed E-state index contributed by atoms with van der Waals surface area (Å²) in [5.74, 6) is 0.252. The highest BCUT2D eigenvalue weighted by atomic mass is 19.4. The van der Waals surface area contributed by atoms with Crippen molar-refractivity contribution in [3.63, 3.8) is 0 Å². The Kier molecular flexibility index (Phi) is 9.37. The van der Waals surface area contributed by atoms with Crippen molar-refractivity contribution in [1.82, 2.24) is 14.9 Å². The largest absolute Gasteiger partial charge is 0.457 e. The molecule has 0 saturated heterocycles. The van der Waals surface area contributed by atoms with Crippen LogP contribution in [0.2, 0.25) is 0 Å². The van der Waals surface area contributed by atoms with Crippen molar-refractivity contribution >= 4 is 18.0 Å². The highest BCUT2D eigenvalue weighted by Crippen LogP contribution is 2.35. The van der Waals surface area contributed by atoms with Gasteiger partial charge in [-0.15, -0.1) is 0 Å². The number of nitrogens with one attached hydrogen (secondary N) is 1. The number of amides is 1. The highest BCUT2D eigenvalue weighted by molar-refractivity contribution is 5.92. The second-order valence-electron chi connectivity index (χ2n) is 8.36. The lowest BCUT2D eigenvalue weighted by Crippen LogP contribution is -2.30. The van der Waals surface area contributed by atoms with E-state index in [1.54, 1.807) is 24.3 Å². The zero-order chi connectivity index (χ0) is 27.9. The van der Waals surface area contributed by atoms with Gasteiger partial charge >= 0.3 is 6.18 Å². The number of hydrogen-bond donors (Lipinski definition) is 3. The lowest BCUT2D eigenvalue weighted by Gasteiger charge is -2.21. The first-order chi connectivity index (χ1) is 18.1. The second-order valence-corrected chi connectivity index (χ2v) is 8.36. The van der Waals surface area contributed by atoms with E-state index in [2.05, 4.69) is 15.3 Å². The molecule has 3 rings (SSSR count). The first kappa shape index (κ1) is 28.5. The van der Waals surface area contributed by atoms with Crippen molar-refractivity contribution in [3.05, 3.63) is 65.4 Å². The molecule has 0 radical (unpaired) electrons. The van der Waals surface area contributed by atoms with Gasteiger partial charge in [0.05, 0.1) is 11.6 Å². The molecule has 38 heavy (non-hydrogen) atoms. The van der Waals surface area contributed by atoms with Crippen LogP contribution >= 0.6 is 0 Å². The van der Waals surface area contributed by atoms with E-state index in [1.807, 2.05) is 18.7 Å². The van der Waals surface area contributed by atoms with E-state index >= 15 is 0 Å². The maximum absolute atomic E-state index is 13.3. The van der Waals surface area contributed by atoms with E-state index in [0.717, 1.165) is 12.1 Å². The minimum atomic E-state index is -4.47. The summed E-state index contributed by atoms with van der Waals surface area (Å²) in [5.41, 5.74) is 11.0. The Morgan fingerprint density at radius 1 is 1.11 bits per heavy atom. The standard InChI is InChI=1S/C26H29F3N6O3/c1-3-35(4-2)14-17-11-18(26(27,28)29)7-10-22(17)38-20-8-5-16(6-9-20)25-33-21(24(31)37)12-23(34-25)32-19(13-30)15-36/h5-12,15,19H,3-4,13-14,30H2,1-2H3,(H2,31,37)(H,32,33,34)/t19-/m1/s1. The molecule has 0 saturated carbocycles. The summed E-state index contributed by atoms with van der Waals surface area (Å²) in [5, 5.41) is 2.81. The number of benzene rings is 2. The van der Waals surface area contributed by atoms with Gasteiger partial charge in [0.2, 0.25) is 0 Å². The topological polar surface area (TPSA) is 136 Å². The first-order valence-corrected chi connectivity index (χ1v) is 11.9. The summed E-state index contributed by atoms with van der Waals surface area (Å²) in [6.07, 6.45) is -3.85. The van der Waals surface area contributed by atoms with Crippen LogP contribution in [0.3, 0.4) is 0 Å². The van der Waals surface area contributed by atoms with E-state index < -0.39 is 23.7 Å². The van der Waals surface area contributed by atoms with Gasteiger partial charge in [-0.2, -0.15) is 13.2 Å². The number of alkyl halides is 3. The van der Waals surface area contributed by atoms with Gasteiger partial charge in [-0.1, -0.05) is 13.8 Å². The van der Waals surface area contributed by atoms with Crippen molar-refractivity contribution in [2.75, 3.05) is 25.0 Å². The average molecular weight is 531 g/mol. The molecule has 1 amide bonds. The van der Waals surface area contributed by atoms with Crippen molar-refractivity contribution in [1.29, 1.82) is 0 Å². The van der Waals surface area contributed by atoms with Crippen LogP contribution in [-0.2, 0) is 17.5 Å². The van der Waals surface area contributed by atoms with Crippen LogP contribution in [0.1, 0.15) is 35.5 Å². The second kappa shape index (κ2) is 12.5. The molecule has 0 fully saturated rings. The summed E-state index contributed by atoms with van der Waals surface area (Å²) in [7, 11) is 0. The van der Waals surface area contributed by atoms with Crippen molar-refractivity contribution in [3.8, 4) is 22.9 Å². The fourth-order valence-electron chi connectivity index (χ4n) is 3.58. The molecule has 9 nitrogen and oxygen atoms in total. The van der Waals surface area contributed by atoms with E-state index in [9.17, 15) is 22.8 Å². The van der Waals surface area contributed by atoms with E-state index in [-0.39, 0.29) is 23.9 Å². The fraction of sp³-hybridized carbons (Fsp3) is 0.308. The fourth-order valence-corrected chi connectivity index (χ4v) is 3.58. The number of nitrogens with zero attached hydrogens (tertiary/aromatic N) is 3. The Bertz CT molecular complexity index is 1260. The van der Waals surface area contributed by atoms with Gasteiger partial charge in [-0.25, -0.2) is 9.97 Å². The number of aromatic nitrogens is 2. The highest BCUT2D eigenvalue weighted by Gasteiger charge is 2.31. The van der Waals surface area contributed by atoms with Gasteiger partial charge in [0.25, 0.3) is 5.91 Å². The Morgan fingerprint density at radius 2 is 1.79 bits per heavy atom. The van der Waals surface area contributed by atoms with Crippen LogP contribution in [0.25, 0.3) is 11.4 Å². The summed E-state index contributed by atoms with van der Waals surface area (Å²) in [6, 6.07) is 10.5. The Labute approximate surface area is 218 Å². The van der Waals surface area contributed by atoms with E-state index in [0.29, 0.717) is 48.5 Å². The molecule has 1 heterocycles. The molecule has 3 aromatic rings. The summed E-state index contributed by atoms with van der Waals surface area (Å²) >= 11 is 0. The van der Waals surface area contributed by atoms with Gasteiger partial charge in [0, 0.05) is 30.3 Å². The number of rotatable bonds is 12. The average Bonchev–Trinajstić information content (AvgIpc) is 2.90. The van der Waals surface area contributed by atoms with Gasteiger partial charge < -0.3 is 26.3 Å². The predicted molar refractivity (Wildman–Crippen MR) is 137 cm³/mol. The van der Waals surface area contributed by atoms with Gasteiger partial charge in [0.15, 0.2) is 5.82 Å². The predicted octanol–water partition coefficient (Wildman–Crippen LogP) is 3.83. The Morgan fingerprint density at radius 3 is 2.34 bits per heavy atom. The van der Waals surface area contributed by atoms with Crippen LogP contribution in [0, 0.1) is 0 Å². The van der Waals surface area contributed by atoms with Crippen LogP contribution < -0.4 is 21.5 Å². The number of primary amides is 1. The molecular weight excluding hydrogens is 501 g/mol. The third-order valence-corrected chi connectivity index (χ3v) is 5.75. The van der Waals surface area contributed by atoms with Crippen LogP contribution in [0.5, 0.6) is 11.5 Å². The molecule has 2 aromatic carbocycles. The zero-order valence-electron chi connectivity index (χ0n) is 21.0. The zero-order valence-corrected chi connectivity index (χ0v) is 21.0. The molecule has 0 bridgehead atoms. The molecular formula is C26H29F3N6O3. The molecule has 0 aliphatic carbocycles. The smallest absolute Gasteiger partial charge is 0.416 e. The number of ether oxygens (including phenoxy) is 1. The first-order valence-electron chi connectivity index (χ1n) is 11.9. The molecule has 0 spiro atoms. The number of carbonyl (C=O) groups is 2. The number of carbonyl (C=O) groups excluding carboxylic acids is 2. The monoisotopic (exact) mass is 530 g/mol. The maximum atomic E-state index is 13.3. The van der Waals surface area contributed by atoms with Crippen molar-refractivity contribution in [2.24, 2.45) is 11.5 Å². The molecule has 0 aliphatic rings. The van der Waals surface area contributed by atoms with Crippen LogP contribution in [0.15, 0.2) is 48.5 Å². The third kappa shape index (κ3) is 7.26. The van der Waals surface area contributed by atoms with Crippen molar-refractivity contribution < 1.29 is 27.5 Å². The Balaban J connectivity index is 1.91. The minimum absolute atomic E-state index is 0.0149. The SMILES string of the molecule is CCN(CC)Cc1cc(C(F)(F)F)ccc1Oc1ccc(-c2nc(N[C@@H](C=O)CN)cc(C(N)=O)n2)cc1. The maximum Gasteiger partial charge on any atom is 0.416 e. The van der Waals surface area contributed by atoms with Gasteiger partial charge in [-0.05, 0) is 55.6 Å². The third-order valence-electron chi connectivity index (χ3n) is 5.75. The molecule has 0 aliphatic heterocycles. The van der Waals surface area contributed by atoms with Crippen LogP contribution in [0.4, 0.5) is 19.0 Å². The number of hydrogen-bond acceptors (Lipinski definition) is 8.